The lowest BCUT2D eigenvalue weighted by Crippen LogP contribution is -2.37. The number of nitrogens with zero attached hydrogens (tertiary/aromatic N) is 2. The van der Waals surface area contributed by atoms with Crippen LogP contribution in [0.25, 0.3) is 5.69 Å². The Morgan fingerprint density at radius 3 is 2.93 bits per heavy atom. The summed E-state index contributed by atoms with van der Waals surface area (Å²) in [5.74, 6) is 0.400. The summed E-state index contributed by atoms with van der Waals surface area (Å²) in [6.07, 6.45) is 0. The van der Waals surface area contributed by atoms with E-state index >= 15 is 0 Å². The second-order valence-electron chi connectivity index (χ2n) is 5.70. The van der Waals surface area contributed by atoms with Gasteiger partial charge in [-0.15, -0.1) is 0 Å². The van der Waals surface area contributed by atoms with Crippen LogP contribution in [0.2, 0.25) is 5.02 Å². The molecule has 1 aromatic heterocycles. The third-order valence-corrected chi connectivity index (χ3v) is 5.02. The number of aliphatic hydroxyl groups is 1. The molecule has 8 nitrogen and oxygen atoms in total. The zero-order valence-electron chi connectivity index (χ0n) is 14.4. The fourth-order valence-corrected chi connectivity index (χ4v) is 3.80. The Labute approximate surface area is 165 Å². The Kier molecular flexibility index (Phi) is 6.73. The second kappa shape index (κ2) is 9.23. The number of carbonyl (C=O) groups is 2. The zero-order chi connectivity index (χ0) is 19.2. The SMILES string of the molecule is O=C(NCCOCCO)C(=O)Nc1c2c(nn1-c1cccc(Cl)c1)CSC2. The van der Waals surface area contributed by atoms with E-state index in [1.54, 1.807) is 34.6 Å². The monoisotopic (exact) mass is 410 g/mol. The van der Waals surface area contributed by atoms with Crippen LogP contribution >= 0.6 is 23.4 Å². The van der Waals surface area contributed by atoms with Crippen molar-refractivity contribution in [1.82, 2.24) is 15.1 Å². The van der Waals surface area contributed by atoms with Crippen molar-refractivity contribution >= 4 is 41.0 Å². The number of carbonyl (C=O) groups excluding carboxylic acids is 2. The molecule has 10 heteroatoms. The number of aromatic nitrogens is 2. The van der Waals surface area contributed by atoms with Gasteiger partial charge in [0.15, 0.2) is 0 Å². The molecule has 2 aromatic rings. The lowest BCUT2D eigenvalue weighted by Gasteiger charge is -2.11. The van der Waals surface area contributed by atoms with E-state index in [2.05, 4.69) is 15.7 Å². The number of hydrogen-bond acceptors (Lipinski definition) is 6. The van der Waals surface area contributed by atoms with E-state index in [0.29, 0.717) is 22.3 Å². The van der Waals surface area contributed by atoms with Gasteiger partial charge in [0.2, 0.25) is 0 Å². The molecule has 0 saturated carbocycles. The molecule has 27 heavy (non-hydrogen) atoms. The number of amides is 2. The van der Waals surface area contributed by atoms with Gasteiger partial charge < -0.3 is 20.5 Å². The molecule has 0 spiro atoms. The van der Waals surface area contributed by atoms with Crippen molar-refractivity contribution in [3.05, 3.63) is 40.5 Å². The van der Waals surface area contributed by atoms with Crippen LogP contribution in [0.5, 0.6) is 0 Å². The summed E-state index contributed by atoms with van der Waals surface area (Å²) in [7, 11) is 0. The number of rotatable bonds is 7. The highest BCUT2D eigenvalue weighted by molar-refractivity contribution is 7.98. The molecule has 3 N–H and O–H groups in total. The highest BCUT2D eigenvalue weighted by Crippen LogP contribution is 2.36. The topological polar surface area (TPSA) is 105 Å². The summed E-state index contributed by atoms with van der Waals surface area (Å²) in [5, 5.41) is 18.9. The van der Waals surface area contributed by atoms with Crippen LogP contribution in [0.1, 0.15) is 11.3 Å². The van der Waals surface area contributed by atoms with E-state index in [9.17, 15) is 9.59 Å². The first kappa shape index (κ1) is 19.7. The fourth-order valence-electron chi connectivity index (χ4n) is 2.58. The van der Waals surface area contributed by atoms with Gasteiger partial charge in [-0.25, -0.2) is 4.68 Å². The minimum absolute atomic E-state index is 0.0922. The normalized spacial score (nSPS) is 12.7. The molecule has 1 aliphatic heterocycles. The van der Waals surface area contributed by atoms with Crippen molar-refractivity contribution < 1.29 is 19.4 Å². The molecule has 0 unspecified atom stereocenters. The number of fused-ring (bicyclic) bond motifs is 1. The minimum atomic E-state index is -0.778. The number of aliphatic hydroxyl groups excluding tert-OH is 1. The van der Waals surface area contributed by atoms with Crippen LogP contribution in [-0.4, -0.2) is 53.1 Å². The van der Waals surface area contributed by atoms with E-state index in [-0.39, 0.29) is 26.4 Å². The predicted octanol–water partition coefficient (Wildman–Crippen LogP) is 1.34. The Hall–Kier alpha value is -2.07. The molecular weight excluding hydrogens is 392 g/mol. The average molecular weight is 411 g/mol. The number of halogens is 1. The smallest absolute Gasteiger partial charge is 0.314 e. The van der Waals surface area contributed by atoms with Crippen molar-refractivity contribution in [1.29, 1.82) is 0 Å². The van der Waals surface area contributed by atoms with Crippen LogP contribution in [0.3, 0.4) is 0 Å². The van der Waals surface area contributed by atoms with Gasteiger partial charge in [0.25, 0.3) is 0 Å². The van der Waals surface area contributed by atoms with E-state index in [0.717, 1.165) is 17.0 Å². The Balaban J connectivity index is 1.72. The molecule has 0 atom stereocenters. The maximum Gasteiger partial charge on any atom is 0.314 e. The van der Waals surface area contributed by atoms with Crippen LogP contribution in [0, 0.1) is 0 Å². The summed E-state index contributed by atoms with van der Waals surface area (Å²) >= 11 is 7.76. The maximum absolute atomic E-state index is 12.3. The van der Waals surface area contributed by atoms with Crippen molar-refractivity contribution in [2.24, 2.45) is 0 Å². The van der Waals surface area contributed by atoms with Gasteiger partial charge >= 0.3 is 11.8 Å². The highest BCUT2D eigenvalue weighted by Gasteiger charge is 2.26. The van der Waals surface area contributed by atoms with Crippen LogP contribution in [0.4, 0.5) is 5.82 Å². The molecule has 0 saturated heterocycles. The summed E-state index contributed by atoms with van der Waals surface area (Å²) in [6, 6.07) is 7.12. The Bertz CT molecular complexity index is 842. The predicted molar refractivity (Wildman–Crippen MR) is 103 cm³/mol. The average Bonchev–Trinajstić information content (AvgIpc) is 3.24. The van der Waals surface area contributed by atoms with Gasteiger partial charge in [0.05, 0.1) is 31.2 Å². The summed E-state index contributed by atoms with van der Waals surface area (Å²) in [6.45, 7) is 0.482. The summed E-state index contributed by atoms with van der Waals surface area (Å²) < 4.78 is 6.64. The van der Waals surface area contributed by atoms with Crippen molar-refractivity contribution in [2.75, 3.05) is 31.7 Å². The molecule has 144 valence electrons. The highest BCUT2D eigenvalue weighted by atomic mass is 35.5. The van der Waals surface area contributed by atoms with Gasteiger partial charge in [-0.2, -0.15) is 16.9 Å². The summed E-state index contributed by atoms with van der Waals surface area (Å²) in [5.41, 5.74) is 2.50. The molecular formula is C17H19ClN4O4S. The molecule has 1 aliphatic rings. The van der Waals surface area contributed by atoms with E-state index in [1.165, 1.54) is 0 Å². The van der Waals surface area contributed by atoms with Crippen LogP contribution < -0.4 is 10.6 Å². The molecule has 2 amide bonds. The number of hydrogen-bond donors (Lipinski definition) is 3. The van der Waals surface area contributed by atoms with Crippen LogP contribution in [-0.2, 0) is 25.8 Å². The van der Waals surface area contributed by atoms with Gasteiger partial charge in [0.1, 0.15) is 5.82 Å². The number of benzene rings is 1. The number of anilines is 1. The quantitative estimate of drug-likeness (QED) is 0.470. The van der Waals surface area contributed by atoms with E-state index in [4.69, 9.17) is 21.4 Å². The first-order valence-electron chi connectivity index (χ1n) is 8.32. The van der Waals surface area contributed by atoms with Gasteiger partial charge in [-0.3, -0.25) is 9.59 Å². The summed E-state index contributed by atoms with van der Waals surface area (Å²) in [4.78, 5) is 24.3. The lowest BCUT2D eigenvalue weighted by atomic mass is 10.2. The molecule has 0 fully saturated rings. The molecule has 0 radical (unpaired) electrons. The van der Waals surface area contributed by atoms with Crippen molar-refractivity contribution in [2.45, 2.75) is 11.5 Å². The second-order valence-corrected chi connectivity index (χ2v) is 7.13. The lowest BCUT2D eigenvalue weighted by molar-refractivity contribution is -0.136. The van der Waals surface area contributed by atoms with Crippen molar-refractivity contribution in [3.63, 3.8) is 0 Å². The van der Waals surface area contributed by atoms with Gasteiger partial charge in [-0.05, 0) is 18.2 Å². The van der Waals surface area contributed by atoms with E-state index in [1.807, 2.05) is 6.07 Å². The van der Waals surface area contributed by atoms with Gasteiger partial charge in [-0.1, -0.05) is 17.7 Å². The van der Waals surface area contributed by atoms with E-state index < -0.39 is 11.8 Å². The number of nitrogens with one attached hydrogen (secondary N) is 2. The Morgan fingerprint density at radius 1 is 1.30 bits per heavy atom. The third kappa shape index (κ3) is 4.81. The molecule has 1 aromatic carbocycles. The third-order valence-electron chi connectivity index (χ3n) is 3.81. The largest absolute Gasteiger partial charge is 0.394 e. The Morgan fingerprint density at radius 2 is 2.15 bits per heavy atom. The molecule has 2 heterocycles. The minimum Gasteiger partial charge on any atom is -0.394 e. The standard InChI is InChI=1S/C17H19ClN4O4S/c18-11-2-1-3-12(8-11)22-15(13-9-27-10-14(13)21-22)20-17(25)16(24)19-4-6-26-7-5-23/h1-3,8,23H,4-7,9-10H2,(H,19,24)(H,20,25). The van der Waals surface area contributed by atoms with Gasteiger partial charge in [0, 0.05) is 28.6 Å². The number of thioether (sulfide) groups is 1. The zero-order valence-corrected chi connectivity index (χ0v) is 16.0. The first-order valence-corrected chi connectivity index (χ1v) is 9.85. The molecule has 3 rings (SSSR count). The maximum atomic E-state index is 12.3. The first-order chi connectivity index (χ1) is 13.1. The molecule has 0 aliphatic carbocycles. The van der Waals surface area contributed by atoms with Crippen molar-refractivity contribution in [3.8, 4) is 5.69 Å². The number of ether oxygens (including phenoxy) is 1. The van der Waals surface area contributed by atoms with Crippen LogP contribution in [0.15, 0.2) is 24.3 Å². The fraction of sp³-hybridized carbons (Fsp3) is 0.353. The molecule has 0 bridgehead atoms.